The molecule has 0 aliphatic heterocycles. The van der Waals surface area contributed by atoms with Crippen LogP contribution in [-0.2, 0) is 10.5 Å². The van der Waals surface area contributed by atoms with Gasteiger partial charge in [-0.25, -0.2) is 5.43 Å². The van der Waals surface area contributed by atoms with Crippen molar-refractivity contribution in [3.8, 4) is 11.5 Å². The van der Waals surface area contributed by atoms with Gasteiger partial charge in [0.25, 0.3) is 0 Å². The van der Waals surface area contributed by atoms with E-state index >= 15 is 0 Å². The zero-order chi connectivity index (χ0) is 17.2. The van der Waals surface area contributed by atoms with Crippen molar-refractivity contribution < 1.29 is 14.3 Å². The highest BCUT2D eigenvalue weighted by Crippen LogP contribution is 2.29. The quantitative estimate of drug-likeness (QED) is 0.590. The minimum Gasteiger partial charge on any atom is -0.493 e. The molecule has 0 aliphatic carbocycles. The summed E-state index contributed by atoms with van der Waals surface area (Å²) in [6.45, 7) is 0. The number of hydrogen-bond donors (Lipinski definition) is 1. The van der Waals surface area contributed by atoms with Gasteiger partial charge in [0.15, 0.2) is 11.5 Å². The van der Waals surface area contributed by atoms with Crippen LogP contribution in [0.2, 0.25) is 0 Å². The van der Waals surface area contributed by atoms with E-state index in [2.05, 4.69) is 10.5 Å². The molecule has 0 bridgehead atoms. The molecular weight excluding hydrogens is 324 g/mol. The molecule has 2 rings (SSSR count). The Morgan fingerprint density at radius 3 is 2.62 bits per heavy atom. The predicted molar refractivity (Wildman–Crippen MR) is 97.9 cm³/mol. The van der Waals surface area contributed by atoms with Crippen molar-refractivity contribution in [2.45, 2.75) is 5.75 Å². The van der Waals surface area contributed by atoms with Crippen molar-refractivity contribution in [1.29, 1.82) is 0 Å². The van der Waals surface area contributed by atoms with Crippen LogP contribution in [0.25, 0.3) is 0 Å². The average molecular weight is 344 g/mol. The van der Waals surface area contributed by atoms with Gasteiger partial charge in [-0.1, -0.05) is 36.4 Å². The maximum Gasteiger partial charge on any atom is 0.250 e. The van der Waals surface area contributed by atoms with E-state index < -0.39 is 0 Å². The number of hydrazone groups is 1. The smallest absolute Gasteiger partial charge is 0.250 e. The molecule has 0 saturated heterocycles. The number of carbonyl (C=O) groups excluding carboxylic acids is 1. The SMILES string of the molecule is COc1cccc(/C=N\NC(=O)CSCc2ccccc2)c1OC. The third-order valence-corrected chi connectivity index (χ3v) is 4.17. The molecule has 2 aromatic carbocycles. The molecule has 1 N–H and O–H groups in total. The first-order valence-electron chi connectivity index (χ1n) is 7.39. The minimum atomic E-state index is -0.144. The number of amides is 1. The van der Waals surface area contributed by atoms with Crippen molar-refractivity contribution in [3.05, 3.63) is 59.7 Å². The lowest BCUT2D eigenvalue weighted by molar-refractivity contribution is -0.118. The molecule has 0 unspecified atom stereocenters. The summed E-state index contributed by atoms with van der Waals surface area (Å²) < 4.78 is 10.5. The molecule has 0 heterocycles. The van der Waals surface area contributed by atoms with Gasteiger partial charge < -0.3 is 9.47 Å². The zero-order valence-corrected chi connectivity index (χ0v) is 14.5. The van der Waals surface area contributed by atoms with Gasteiger partial charge >= 0.3 is 0 Å². The van der Waals surface area contributed by atoms with E-state index in [9.17, 15) is 4.79 Å². The fourth-order valence-corrected chi connectivity index (χ4v) is 2.84. The summed E-state index contributed by atoms with van der Waals surface area (Å²) in [6, 6.07) is 15.5. The first kappa shape index (κ1) is 17.9. The Bertz CT molecular complexity index is 690. The van der Waals surface area contributed by atoms with Crippen LogP contribution in [0.3, 0.4) is 0 Å². The second-order valence-electron chi connectivity index (χ2n) is 4.85. The lowest BCUT2D eigenvalue weighted by Gasteiger charge is -2.09. The molecule has 24 heavy (non-hydrogen) atoms. The Balaban J connectivity index is 1.82. The van der Waals surface area contributed by atoms with Crippen LogP contribution in [0.1, 0.15) is 11.1 Å². The number of ether oxygens (including phenoxy) is 2. The first-order chi connectivity index (χ1) is 11.7. The fourth-order valence-electron chi connectivity index (χ4n) is 2.06. The molecular formula is C18H20N2O3S. The van der Waals surface area contributed by atoms with Crippen LogP contribution in [0.5, 0.6) is 11.5 Å². The number of hydrogen-bond acceptors (Lipinski definition) is 5. The number of carbonyl (C=O) groups is 1. The summed E-state index contributed by atoms with van der Waals surface area (Å²) in [5.74, 6) is 2.19. The number of methoxy groups -OCH3 is 2. The maximum absolute atomic E-state index is 11.8. The molecule has 2 aromatic rings. The Morgan fingerprint density at radius 1 is 1.12 bits per heavy atom. The van der Waals surface area contributed by atoms with Crippen molar-refractivity contribution >= 4 is 23.9 Å². The molecule has 0 aromatic heterocycles. The molecule has 6 heteroatoms. The largest absolute Gasteiger partial charge is 0.493 e. The number of rotatable bonds is 8. The van der Waals surface area contributed by atoms with Crippen molar-refractivity contribution in [1.82, 2.24) is 5.43 Å². The van der Waals surface area contributed by atoms with E-state index in [0.29, 0.717) is 17.3 Å². The predicted octanol–water partition coefficient (Wildman–Crippen LogP) is 3.09. The first-order valence-corrected chi connectivity index (χ1v) is 8.54. The molecule has 126 valence electrons. The van der Waals surface area contributed by atoms with Gasteiger partial charge in [0, 0.05) is 11.3 Å². The molecule has 0 atom stereocenters. The molecule has 5 nitrogen and oxygen atoms in total. The molecule has 0 saturated carbocycles. The van der Waals surface area contributed by atoms with Crippen LogP contribution < -0.4 is 14.9 Å². The van der Waals surface area contributed by atoms with Crippen LogP contribution >= 0.6 is 11.8 Å². The van der Waals surface area contributed by atoms with Crippen LogP contribution in [0.4, 0.5) is 0 Å². The van der Waals surface area contributed by atoms with Crippen molar-refractivity contribution in [2.75, 3.05) is 20.0 Å². The number of para-hydroxylation sites is 1. The second kappa shape index (κ2) is 9.62. The van der Waals surface area contributed by atoms with Gasteiger partial charge in [-0.3, -0.25) is 4.79 Å². The highest BCUT2D eigenvalue weighted by Gasteiger charge is 2.07. The van der Waals surface area contributed by atoms with E-state index in [1.807, 2.05) is 42.5 Å². The van der Waals surface area contributed by atoms with E-state index in [-0.39, 0.29) is 5.91 Å². The maximum atomic E-state index is 11.8. The standard InChI is InChI=1S/C18H20N2O3S/c1-22-16-10-6-9-15(18(16)23-2)11-19-20-17(21)13-24-12-14-7-4-3-5-8-14/h3-11H,12-13H2,1-2H3,(H,20,21)/b19-11-. The van der Waals surface area contributed by atoms with Crippen LogP contribution in [0, 0.1) is 0 Å². The average Bonchev–Trinajstić information content (AvgIpc) is 2.62. The van der Waals surface area contributed by atoms with Gasteiger partial charge in [-0.2, -0.15) is 5.10 Å². The van der Waals surface area contributed by atoms with E-state index in [1.54, 1.807) is 38.3 Å². The summed E-state index contributed by atoms with van der Waals surface area (Å²) in [7, 11) is 3.14. The van der Waals surface area contributed by atoms with Gasteiger partial charge in [0.1, 0.15) is 0 Å². The number of benzene rings is 2. The van der Waals surface area contributed by atoms with Gasteiger partial charge in [0.05, 0.1) is 26.2 Å². The number of nitrogens with one attached hydrogen (secondary N) is 1. The van der Waals surface area contributed by atoms with Gasteiger partial charge in [0.2, 0.25) is 5.91 Å². The second-order valence-corrected chi connectivity index (χ2v) is 5.84. The van der Waals surface area contributed by atoms with Gasteiger partial charge in [-0.15, -0.1) is 11.8 Å². The topological polar surface area (TPSA) is 59.9 Å². The summed E-state index contributed by atoms with van der Waals surface area (Å²) in [6.07, 6.45) is 1.54. The third-order valence-electron chi connectivity index (χ3n) is 3.17. The number of nitrogens with zero attached hydrogens (tertiary/aromatic N) is 1. The van der Waals surface area contributed by atoms with E-state index in [0.717, 1.165) is 11.3 Å². The fraction of sp³-hybridized carbons (Fsp3) is 0.222. The summed E-state index contributed by atoms with van der Waals surface area (Å²) in [5, 5.41) is 3.98. The van der Waals surface area contributed by atoms with E-state index in [1.165, 1.54) is 5.56 Å². The minimum absolute atomic E-state index is 0.144. The Kier molecular flexibility index (Phi) is 7.17. The molecule has 0 aliphatic rings. The Labute approximate surface area is 146 Å². The van der Waals surface area contributed by atoms with E-state index in [4.69, 9.17) is 9.47 Å². The molecule has 0 radical (unpaired) electrons. The summed E-state index contributed by atoms with van der Waals surface area (Å²) >= 11 is 1.54. The van der Waals surface area contributed by atoms with Crippen LogP contribution in [-0.4, -0.2) is 32.1 Å². The summed E-state index contributed by atoms with van der Waals surface area (Å²) in [4.78, 5) is 11.8. The highest BCUT2D eigenvalue weighted by molar-refractivity contribution is 7.99. The monoisotopic (exact) mass is 344 g/mol. The van der Waals surface area contributed by atoms with Gasteiger partial charge in [-0.05, 0) is 17.7 Å². The molecule has 0 spiro atoms. The van der Waals surface area contributed by atoms with Crippen molar-refractivity contribution in [3.63, 3.8) is 0 Å². The highest BCUT2D eigenvalue weighted by atomic mass is 32.2. The summed E-state index contributed by atoms with van der Waals surface area (Å²) in [5.41, 5.74) is 4.44. The third kappa shape index (κ3) is 5.31. The Hall–Kier alpha value is -2.47. The Morgan fingerprint density at radius 2 is 1.92 bits per heavy atom. The zero-order valence-electron chi connectivity index (χ0n) is 13.7. The molecule has 0 fully saturated rings. The lowest BCUT2D eigenvalue weighted by atomic mass is 10.2. The lowest BCUT2D eigenvalue weighted by Crippen LogP contribution is -2.19. The van der Waals surface area contributed by atoms with Crippen LogP contribution in [0.15, 0.2) is 53.6 Å². The normalized spacial score (nSPS) is 10.6. The van der Waals surface area contributed by atoms with Crippen molar-refractivity contribution in [2.24, 2.45) is 5.10 Å². The molecule has 1 amide bonds. The number of thioether (sulfide) groups is 1.